The molecule has 46 heavy (non-hydrogen) atoms. The first kappa shape index (κ1) is 35.6. The summed E-state index contributed by atoms with van der Waals surface area (Å²) in [7, 11) is 0. The maximum atomic E-state index is 11.1. The number of pyridine rings is 1. The SMILES string of the molecule is N#Cc1c(N)nc(SCc2csc(-c3ccc(Cl)cc3)n2)c(C#N)c1-c1ccc(OCCOC(=O)CN)cc1.O=C(O)C(F)(F)F. The number of hydrogen-bond acceptors (Lipinski definition) is 12. The average molecular weight is 691 g/mol. The number of thiazole rings is 1. The van der Waals surface area contributed by atoms with E-state index >= 15 is 0 Å². The number of hydrogen-bond donors (Lipinski definition) is 3. The molecule has 0 bridgehead atoms. The lowest BCUT2D eigenvalue weighted by Gasteiger charge is -2.13. The molecule has 2 aromatic heterocycles. The molecule has 4 aromatic rings. The molecule has 2 aromatic carbocycles. The molecule has 0 atom stereocenters. The number of esters is 1. The number of aliphatic carboxylic acids is 1. The molecule has 0 saturated carbocycles. The van der Waals surface area contributed by atoms with Crippen molar-refractivity contribution in [1.82, 2.24) is 9.97 Å². The topological polar surface area (TPSA) is 198 Å². The van der Waals surface area contributed by atoms with Gasteiger partial charge in [0.1, 0.15) is 52.5 Å². The van der Waals surface area contributed by atoms with Crippen LogP contribution in [0.15, 0.2) is 58.9 Å². The summed E-state index contributed by atoms with van der Waals surface area (Å²) < 4.78 is 42.2. The Balaban J connectivity index is 0.000000738. The highest BCUT2D eigenvalue weighted by molar-refractivity contribution is 7.98. The minimum Gasteiger partial charge on any atom is -0.490 e. The molecule has 0 spiro atoms. The largest absolute Gasteiger partial charge is 0.490 e. The summed E-state index contributed by atoms with van der Waals surface area (Å²) in [5.41, 5.74) is 14.5. The number of alkyl halides is 3. The van der Waals surface area contributed by atoms with Crippen molar-refractivity contribution in [2.45, 2.75) is 17.0 Å². The van der Waals surface area contributed by atoms with E-state index in [4.69, 9.17) is 42.4 Å². The maximum absolute atomic E-state index is 11.1. The van der Waals surface area contributed by atoms with Gasteiger partial charge in [0, 0.05) is 27.3 Å². The van der Waals surface area contributed by atoms with E-state index in [0.29, 0.717) is 32.7 Å². The number of ether oxygens (including phenoxy) is 2. The zero-order valence-corrected chi connectivity index (χ0v) is 25.8. The minimum absolute atomic E-state index is 0.0381. The maximum Gasteiger partial charge on any atom is 0.490 e. The van der Waals surface area contributed by atoms with Crippen LogP contribution in [0.4, 0.5) is 19.0 Å². The number of carbonyl (C=O) groups is 2. The molecule has 0 aliphatic carbocycles. The molecular formula is C29H22ClF3N6O5S2. The van der Waals surface area contributed by atoms with Gasteiger partial charge in [0.2, 0.25) is 0 Å². The first-order valence-corrected chi connectivity index (χ1v) is 15.0. The molecule has 0 fully saturated rings. The van der Waals surface area contributed by atoms with Crippen molar-refractivity contribution in [2.24, 2.45) is 5.73 Å². The van der Waals surface area contributed by atoms with Gasteiger partial charge in [-0.05, 0) is 29.8 Å². The third-order valence-corrected chi connectivity index (χ3v) is 7.78. The van der Waals surface area contributed by atoms with E-state index in [1.807, 2.05) is 29.6 Å². The fourth-order valence-electron chi connectivity index (χ4n) is 3.52. The van der Waals surface area contributed by atoms with Crippen LogP contribution in [-0.4, -0.2) is 52.9 Å². The average Bonchev–Trinajstić information content (AvgIpc) is 3.51. The smallest absolute Gasteiger partial charge is 0.490 e. The van der Waals surface area contributed by atoms with Gasteiger partial charge in [0.25, 0.3) is 0 Å². The minimum atomic E-state index is -5.08. The zero-order valence-electron chi connectivity index (χ0n) is 23.4. The van der Waals surface area contributed by atoms with Crippen LogP contribution in [0.25, 0.3) is 21.7 Å². The Bertz CT molecular complexity index is 1770. The molecule has 5 N–H and O–H groups in total. The number of aromatic nitrogens is 2. The Hall–Kier alpha value is -4.87. The Kier molecular flexibility index (Phi) is 12.7. The van der Waals surface area contributed by atoms with Crippen LogP contribution in [0.2, 0.25) is 5.02 Å². The van der Waals surface area contributed by atoms with Gasteiger partial charge in [-0.25, -0.2) is 14.8 Å². The molecule has 11 nitrogen and oxygen atoms in total. The molecule has 0 saturated heterocycles. The molecule has 238 valence electrons. The molecule has 0 unspecified atom stereocenters. The van der Waals surface area contributed by atoms with Crippen molar-refractivity contribution < 1.29 is 37.3 Å². The van der Waals surface area contributed by atoms with Gasteiger partial charge in [0.05, 0.1) is 17.8 Å². The van der Waals surface area contributed by atoms with Crippen LogP contribution < -0.4 is 16.2 Å². The lowest BCUT2D eigenvalue weighted by molar-refractivity contribution is -0.192. The second-order valence-electron chi connectivity index (χ2n) is 8.69. The van der Waals surface area contributed by atoms with Gasteiger partial charge in [-0.1, -0.05) is 47.6 Å². The number of benzene rings is 2. The number of thioether (sulfide) groups is 1. The second kappa shape index (κ2) is 16.4. The standard InChI is InChI=1S/C27H21ClN6O3S2.C2HF3O2/c28-18-5-1-17(2-6-18)26-33-19(14-38-26)15-39-27-22(12-30)24(21(11-29)25(32)34-27)16-3-7-20(8-4-16)36-9-10-37-23(35)13-31;3-2(4,5)1(6)7/h1-8,14H,9-10,13,15,31H2,(H2,32,34);(H,6,7). The summed E-state index contributed by atoms with van der Waals surface area (Å²) in [5.74, 6) is -2.25. The number of nitriles is 2. The van der Waals surface area contributed by atoms with Crippen LogP contribution in [0, 0.1) is 22.7 Å². The summed E-state index contributed by atoms with van der Waals surface area (Å²) in [5, 5.41) is 30.8. The van der Waals surface area contributed by atoms with E-state index < -0.39 is 18.1 Å². The van der Waals surface area contributed by atoms with Crippen molar-refractivity contribution in [1.29, 1.82) is 10.5 Å². The third kappa shape index (κ3) is 9.82. The highest BCUT2D eigenvalue weighted by atomic mass is 35.5. The van der Waals surface area contributed by atoms with E-state index in [2.05, 4.69) is 22.1 Å². The second-order valence-corrected chi connectivity index (χ2v) is 10.9. The summed E-state index contributed by atoms with van der Waals surface area (Å²) >= 11 is 8.82. The first-order valence-electron chi connectivity index (χ1n) is 12.7. The summed E-state index contributed by atoms with van der Waals surface area (Å²) in [6.45, 7) is 0.0224. The highest BCUT2D eigenvalue weighted by Gasteiger charge is 2.38. The monoisotopic (exact) mass is 690 g/mol. The number of anilines is 1. The third-order valence-electron chi connectivity index (χ3n) is 5.58. The summed E-state index contributed by atoms with van der Waals surface area (Å²) in [6, 6.07) is 18.6. The van der Waals surface area contributed by atoms with Crippen molar-refractivity contribution in [3.8, 4) is 39.6 Å². The zero-order chi connectivity index (χ0) is 33.9. The van der Waals surface area contributed by atoms with Crippen LogP contribution >= 0.6 is 34.7 Å². The van der Waals surface area contributed by atoms with E-state index in [-0.39, 0.29) is 36.7 Å². The fraction of sp³-hybridized carbons (Fsp3) is 0.172. The van der Waals surface area contributed by atoms with Crippen molar-refractivity contribution in [2.75, 3.05) is 25.5 Å². The lowest BCUT2D eigenvalue weighted by Crippen LogP contribution is -2.21. The van der Waals surface area contributed by atoms with Crippen LogP contribution in [0.5, 0.6) is 5.75 Å². The number of carbonyl (C=O) groups excluding carboxylic acids is 1. The lowest BCUT2D eigenvalue weighted by atomic mass is 9.97. The van der Waals surface area contributed by atoms with E-state index in [1.165, 1.54) is 23.1 Å². The Labute approximate surface area is 273 Å². The summed E-state index contributed by atoms with van der Waals surface area (Å²) in [4.78, 5) is 29.1. The van der Waals surface area contributed by atoms with Gasteiger partial charge in [-0.2, -0.15) is 23.7 Å². The molecule has 0 radical (unpaired) electrons. The fourth-order valence-corrected chi connectivity index (χ4v) is 5.47. The normalized spacial score (nSPS) is 10.6. The number of nitrogens with zero attached hydrogens (tertiary/aromatic N) is 4. The Morgan fingerprint density at radius 1 is 1.00 bits per heavy atom. The van der Waals surface area contributed by atoms with Gasteiger partial charge in [0.15, 0.2) is 0 Å². The molecule has 2 heterocycles. The Morgan fingerprint density at radius 2 is 1.61 bits per heavy atom. The van der Waals surface area contributed by atoms with E-state index in [9.17, 15) is 28.5 Å². The van der Waals surface area contributed by atoms with Crippen LogP contribution in [-0.2, 0) is 20.1 Å². The number of carboxylic acid groups (broad SMARTS) is 1. The van der Waals surface area contributed by atoms with Crippen molar-refractivity contribution in [3.05, 3.63) is 75.8 Å². The van der Waals surface area contributed by atoms with Gasteiger partial charge < -0.3 is 26.0 Å². The van der Waals surface area contributed by atoms with Crippen LogP contribution in [0.1, 0.15) is 16.8 Å². The quantitative estimate of drug-likeness (QED) is 0.105. The number of nitrogens with two attached hydrogens (primary N) is 2. The number of carboxylic acids is 1. The van der Waals surface area contributed by atoms with Gasteiger partial charge >= 0.3 is 18.1 Å². The van der Waals surface area contributed by atoms with Crippen LogP contribution in [0.3, 0.4) is 0 Å². The summed E-state index contributed by atoms with van der Waals surface area (Å²) in [6.07, 6.45) is -5.08. The predicted molar refractivity (Wildman–Crippen MR) is 165 cm³/mol. The number of halogens is 4. The molecular weight excluding hydrogens is 669 g/mol. The van der Waals surface area contributed by atoms with E-state index in [1.54, 1.807) is 24.3 Å². The highest BCUT2D eigenvalue weighted by Crippen LogP contribution is 2.37. The van der Waals surface area contributed by atoms with Gasteiger partial charge in [-0.15, -0.1) is 11.3 Å². The molecule has 4 rings (SSSR count). The molecule has 17 heteroatoms. The molecule has 0 amide bonds. The predicted octanol–water partition coefficient (Wildman–Crippen LogP) is 5.66. The number of rotatable bonds is 10. The molecule has 0 aliphatic rings. The Morgan fingerprint density at radius 3 is 2.17 bits per heavy atom. The molecule has 0 aliphatic heterocycles. The number of nitrogen functional groups attached to an aromatic ring is 1. The van der Waals surface area contributed by atoms with Crippen molar-refractivity contribution >= 4 is 52.5 Å². The van der Waals surface area contributed by atoms with Crippen molar-refractivity contribution in [3.63, 3.8) is 0 Å². The van der Waals surface area contributed by atoms with E-state index in [0.717, 1.165) is 16.3 Å². The first-order chi connectivity index (χ1) is 21.9. The van der Waals surface area contributed by atoms with Gasteiger partial charge in [-0.3, -0.25) is 4.79 Å².